The van der Waals surface area contributed by atoms with Crippen molar-refractivity contribution in [2.45, 2.75) is 46.2 Å². The van der Waals surface area contributed by atoms with Gasteiger partial charge in [-0.2, -0.15) is 18.3 Å². The highest BCUT2D eigenvalue weighted by atomic mass is 19.4. The van der Waals surface area contributed by atoms with E-state index >= 15 is 0 Å². The van der Waals surface area contributed by atoms with Gasteiger partial charge in [0.25, 0.3) is 5.91 Å². The Morgan fingerprint density at radius 1 is 1.15 bits per heavy atom. The van der Waals surface area contributed by atoms with E-state index in [1.165, 1.54) is 0 Å². The number of hydrogen-bond donors (Lipinski definition) is 1. The molecule has 3 rings (SSSR count). The molecule has 0 aliphatic heterocycles. The van der Waals surface area contributed by atoms with E-state index in [2.05, 4.69) is 34.1 Å². The van der Waals surface area contributed by atoms with E-state index in [0.717, 1.165) is 43.9 Å². The van der Waals surface area contributed by atoms with Gasteiger partial charge in [0.15, 0.2) is 11.3 Å². The zero-order valence-corrected chi connectivity index (χ0v) is 19.4. The second-order valence-corrected chi connectivity index (χ2v) is 8.23. The van der Waals surface area contributed by atoms with Crippen LogP contribution < -0.4 is 5.32 Å². The number of alkyl halides is 3. The van der Waals surface area contributed by atoms with Crippen molar-refractivity contribution in [3.63, 3.8) is 0 Å². The molecule has 178 valence electrons. The number of halogens is 3. The third-order valence-corrected chi connectivity index (χ3v) is 5.71. The minimum atomic E-state index is -4.66. The van der Waals surface area contributed by atoms with Crippen molar-refractivity contribution in [3.05, 3.63) is 53.3 Å². The normalized spacial score (nSPS) is 12.2. The Hall–Kier alpha value is -2.94. The molecular weight excluding hydrogens is 431 g/mol. The number of hydrogen-bond acceptors (Lipinski definition) is 4. The molecule has 2 heterocycles. The van der Waals surface area contributed by atoms with E-state index in [4.69, 9.17) is 0 Å². The van der Waals surface area contributed by atoms with Gasteiger partial charge in [0.2, 0.25) is 0 Å². The number of carbonyl (C=O) groups excluding carboxylic acids is 1. The van der Waals surface area contributed by atoms with Gasteiger partial charge >= 0.3 is 6.18 Å². The van der Waals surface area contributed by atoms with Crippen LogP contribution in [0.4, 0.5) is 13.2 Å². The van der Waals surface area contributed by atoms with Crippen LogP contribution in [-0.2, 0) is 6.18 Å². The molecule has 0 spiro atoms. The number of nitrogens with one attached hydrogen (secondary N) is 1. The van der Waals surface area contributed by atoms with E-state index in [9.17, 15) is 18.0 Å². The summed E-state index contributed by atoms with van der Waals surface area (Å²) in [5.74, 6) is -0.190. The van der Waals surface area contributed by atoms with Crippen molar-refractivity contribution < 1.29 is 18.0 Å². The quantitative estimate of drug-likeness (QED) is 0.456. The van der Waals surface area contributed by atoms with Crippen LogP contribution in [0.15, 0.2) is 36.5 Å². The van der Waals surface area contributed by atoms with E-state index in [0.29, 0.717) is 22.5 Å². The standard InChI is InChI=1S/C24H30F3N5O/c1-5-31(6-2)13-7-12-28-23(33)19-15-29-32-21(24(25,26)27)14-20(30-22(19)32)18-10-8-17(9-11-18)16(3)4/h8-11,14-16H,5-7,12-13H2,1-4H3,(H,28,33). The zero-order valence-electron chi connectivity index (χ0n) is 19.4. The van der Waals surface area contributed by atoms with Gasteiger partial charge in [0.05, 0.1) is 11.9 Å². The number of benzene rings is 1. The summed E-state index contributed by atoms with van der Waals surface area (Å²) >= 11 is 0. The molecule has 0 atom stereocenters. The Labute approximate surface area is 191 Å². The van der Waals surface area contributed by atoms with Gasteiger partial charge in [-0.1, -0.05) is 52.0 Å². The van der Waals surface area contributed by atoms with Crippen LogP contribution in [0.1, 0.15) is 61.6 Å². The average Bonchev–Trinajstić information content (AvgIpc) is 3.22. The second kappa shape index (κ2) is 10.3. The average molecular weight is 462 g/mol. The van der Waals surface area contributed by atoms with Crippen molar-refractivity contribution in [2.75, 3.05) is 26.2 Å². The summed E-state index contributed by atoms with van der Waals surface area (Å²) in [5, 5.41) is 6.60. The van der Waals surface area contributed by atoms with E-state index in [-0.39, 0.29) is 16.9 Å². The number of nitrogens with zero attached hydrogens (tertiary/aromatic N) is 4. The maximum absolute atomic E-state index is 13.8. The van der Waals surface area contributed by atoms with Gasteiger partial charge in [0, 0.05) is 12.1 Å². The smallest absolute Gasteiger partial charge is 0.352 e. The van der Waals surface area contributed by atoms with Crippen LogP contribution in [0.2, 0.25) is 0 Å². The lowest BCUT2D eigenvalue weighted by Crippen LogP contribution is -2.30. The molecular formula is C24H30F3N5O. The maximum atomic E-state index is 13.8. The maximum Gasteiger partial charge on any atom is 0.433 e. The summed E-state index contributed by atoms with van der Waals surface area (Å²) < 4.78 is 42.1. The molecule has 0 bridgehead atoms. The SMILES string of the molecule is CCN(CC)CCCNC(=O)c1cnn2c(C(F)(F)F)cc(-c3ccc(C(C)C)cc3)nc12. The first-order valence-corrected chi connectivity index (χ1v) is 11.2. The zero-order chi connectivity index (χ0) is 24.2. The molecule has 3 aromatic rings. The van der Waals surface area contributed by atoms with Crippen LogP contribution in [0, 0.1) is 0 Å². The molecule has 9 heteroatoms. The summed E-state index contributed by atoms with van der Waals surface area (Å²) in [5.41, 5.74) is 0.680. The number of fused-ring (bicyclic) bond motifs is 1. The molecule has 33 heavy (non-hydrogen) atoms. The highest BCUT2D eigenvalue weighted by Crippen LogP contribution is 2.33. The summed E-state index contributed by atoms with van der Waals surface area (Å²) in [6.07, 6.45) is -2.78. The fourth-order valence-electron chi connectivity index (χ4n) is 3.65. The van der Waals surface area contributed by atoms with Gasteiger partial charge in [-0.15, -0.1) is 0 Å². The topological polar surface area (TPSA) is 62.5 Å². The molecule has 2 aromatic heterocycles. The van der Waals surface area contributed by atoms with E-state index in [1.807, 2.05) is 26.0 Å². The van der Waals surface area contributed by atoms with Crippen molar-refractivity contribution in [3.8, 4) is 11.3 Å². The minimum Gasteiger partial charge on any atom is -0.352 e. The summed E-state index contributed by atoms with van der Waals surface area (Å²) in [6.45, 7) is 11.3. The third kappa shape index (κ3) is 5.71. The van der Waals surface area contributed by atoms with Crippen LogP contribution in [0.3, 0.4) is 0 Å². The largest absolute Gasteiger partial charge is 0.433 e. The molecule has 1 N–H and O–H groups in total. The van der Waals surface area contributed by atoms with Gasteiger partial charge < -0.3 is 10.2 Å². The second-order valence-electron chi connectivity index (χ2n) is 8.23. The first-order valence-electron chi connectivity index (χ1n) is 11.2. The Morgan fingerprint density at radius 3 is 2.39 bits per heavy atom. The molecule has 0 fully saturated rings. The summed E-state index contributed by atoms with van der Waals surface area (Å²) in [7, 11) is 0. The highest BCUT2D eigenvalue weighted by Gasteiger charge is 2.36. The first-order chi connectivity index (χ1) is 15.7. The lowest BCUT2D eigenvalue weighted by Gasteiger charge is -2.17. The molecule has 1 aromatic carbocycles. The fourth-order valence-corrected chi connectivity index (χ4v) is 3.65. The van der Waals surface area contributed by atoms with Crippen molar-refractivity contribution in [1.29, 1.82) is 0 Å². The molecule has 0 aliphatic carbocycles. The monoisotopic (exact) mass is 461 g/mol. The molecule has 0 saturated carbocycles. The third-order valence-electron chi connectivity index (χ3n) is 5.71. The first kappa shape index (κ1) is 24.7. The molecule has 0 radical (unpaired) electrons. The Kier molecular flexibility index (Phi) is 7.73. The Balaban J connectivity index is 1.92. The van der Waals surface area contributed by atoms with Crippen LogP contribution in [-0.4, -0.2) is 51.6 Å². The predicted molar refractivity (Wildman–Crippen MR) is 122 cm³/mol. The predicted octanol–water partition coefficient (Wildman–Crippen LogP) is 5.00. The Morgan fingerprint density at radius 2 is 1.82 bits per heavy atom. The van der Waals surface area contributed by atoms with Crippen molar-refractivity contribution >= 4 is 11.6 Å². The van der Waals surface area contributed by atoms with Gasteiger partial charge in [-0.25, -0.2) is 9.50 Å². The molecule has 0 unspecified atom stereocenters. The summed E-state index contributed by atoms with van der Waals surface area (Å²) in [4.78, 5) is 19.4. The van der Waals surface area contributed by atoms with Crippen molar-refractivity contribution in [2.24, 2.45) is 0 Å². The Bertz CT molecular complexity index is 1090. The molecule has 6 nitrogen and oxygen atoms in total. The number of amides is 1. The van der Waals surface area contributed by atoms with Crippen LogP contribution >= 0.6 is 0 Å². The lowest BCUT2D eigenvalue weighted by molar-refractivity contribution is -0.142. The van der Waals surface area contributed by atoms with Gasteiger partial charge in [0.1, 0.15) is 5.56 Å². The van der Waals surface area contributed by atoms with Gasteiger partial charge in [-0.05, 0) is 43.6 Å². The van der Waals surface area contributed by atoms with Crippen molar-refractivity contribution in [1.82, 2.24) is 24.8 Å². The number of aromatic nitrogens is 3. The molecule has 1 amide bonds. The molecule has 0 aliphatic rings. The van der Waals surface area contributed by atoms with Crippen LogP contribution in [0.25, 0.3) is 16.9 Å². The van der Waals surface area contributed by atoms with Gasteiger partial charge in [-0.3, -0.25) is 4.79 Å². The van der Waals surface area contributed by atoms with E-state index < -0.39 is 17.8 Å². The highest BCUT2D eigenvalue weighted by molar-refractivity contribution is 5.99. The number of rotatable bonds is 9. The lowest BCUT2D eigenvalue weighted by atomic mass is 10.0. The fraction of sp³-hybridized carbons (Fsp3) is 0.458. The molecule has 0 saturated heterocycles. The number of carbonyl (C=O) groups is 1. The van der Waals surface area contributed by atoms with E-state index in [1.54, 1.807) is 12.1 Å². The minimum absolute atomic E-state index is 0.0176. The summed E-state index contributed by atoms with van der Waals surface area (Å²) in [6, 6.07) is 8.21. The van der Waals surface area contributed by atoms with Crippen LogP contribution in [0.5, 0.6) is 0 Å².